The zero-order valence-electron chi connectivity index (χ0n) is 22.2. The van der Waals surface area contributed by atoms with Crippen LogP contribution in [0.15, 0.2) is 41.1 Å². The van der Waals surface area contributed by atoms with Gasteiger partial charge in [0, 0.05) is 48.1 Å². The zero-order valence-corrected chi connectivity index (χ0v) is 23.8. The SMILES string of the molecule is C#C[C@H]1COC2(CCCCC2)O1.Nc1cc(Br)ccn1.Nc1cc(C#C[C@H]2COC3(CCCCC3)O2)ccn1. The predicted octanol–water partition coefficient (Wildman–Crippen LogP) is 5.21. The largest absolute Gasteiger partial charge is 0.384 e. The molecule has 4 fully saturated rings. The van der Waals surface area contributed by atoms with Crippen LogP contribution >= 0.6 is 15.9 Å². The second kappa shape index (κ2) is 14.1. The van der Waals surface area contributed by atoms with E-state index in [1.165, 1.54) is 38.5 Å². The number of hydrogen-bond acceptors (Lipinski definition) is 8. The van der Waals surface area contributed by atoms with Crippen LogP contribution in [0.25, 0.3) is 0 Å². The first-order valence-corrected chi connectivity index (χ1v) is 14.4. The van der Waals surface area contributed by atoms with E-state index in [1.54, 1.807) is 24.5 Å². The molecule has 2 saturated heterocycles. The molecule has 8 nitrogen and oxygen atoms in total. The molecule has 9 heteroatoms. The highest BCUT2D eigenvalue weighted by Crippen LogP contribution is 2.38. The van der Waals surface area contributed by atoms with Crippen LogP contribution in [0.3, 0.4) is 0 Å². The van der Waals surface area contributed by atoms with Crippen LogP contribution < -0.4 is 11.5 Å². The van der Waals surface area contributed by atoms with Crippen molar-refractivity contribution in [2.45, 2.75) is 88.0 Å². The third-order valence-electron chi connectivity index (χ3n) is 7.03. The van der Waals surface area contributed by atoms with Crippen molar-refractivity contribution in [2.75, 3.05) is 24.7 Å². The second-order valence-corrected chi connectivity index (χ2v) is 11.0. The Morgan fingerprint density at radius 2 is 1.33 bits per heavy atom. The molecule has 2 saturated carbocycles. The van der Waals surface area contributed by atoms with Gasteiger partial charge in [0.05, 0.1) is 13.2 Å². The first-order chi connectivity index (χ1) is 18.9. The van der Waals surface area contributed by atoms with Gasteiger partial charge in [-0.3, -0.25) is 0 Å². The average molecular weight is 598 g/mol. The Labute approximate surface area is 239 Å². The number of rotatable bonds is 0. The summed E-state index contributed by atoms with van der Waals surface area (Å²) in [5, 5.41) is 0. The van der Waals surface area contributed by atoms with Crippen LogP contribution in [0, 0.1) is 24.2 Å². The van der Waals surface area contributed by atoms with Crippen molar-refractivity contribution in [3.8, 4) is 24.2 Å². The van der Waals surface area contributed by atoms with Gasteiger partial charge in [-0.2, -0.15) is 0 Å². The lowest BCUT2D eigenvalue weighted by Crippen LogP contribution is -2.33. The Kier molecular flexibility index (Phi) is 10.6. The fourth-order valence-electron chi connectivity index (χ4n) is 5.08. The summed E-state index contributed by atoms with van der Waals surface area (Å²) >= 11 is 3.24. The van der Waals surface area contributed by atoms with Crippen LogP contribution in [0.5, 0.6) is 0 Å². The van der Waals surface area contributed by atoms with E-state index in [2.05, 4.69) is 43.7 Å². The fourth-order valence-corrected chi connectivity index (χ4v) is 5.43. The van der Waals surface area contributed by atoms with Crippen LogP contribution in [0.4, 0.5) is 11.6 Å². The topological polar surface area (TPSA) is 115 Å². The maximum absolute atomic E-state index is 6.00. The summed E-state index contributed by atoms with van der Waals surface area (Å²) in [5.41, 5.74) is 11.8. The van der Waals surface area contributed by atoms with E-state index in [9.17, 15) is 0 Å². The summed E-state index contributed by atoms with van der Waals surface area (Å²) in [6, 6.07) is 7.19. The molecule has 4 N–H and O–H groups in total. The maximum Gasteiger partial charge on any atom is 0.170 e. The molecule has 0 aromatic carbocycles. The molecule has 4 aliphatic rings. The molecule has 39 heavy (non-hydrogen) atoms. The first kappa shape index (κ1) is 29.3. The lowest BCUT2D eigenvalue weighted by molar-refractivity contribution is -0.182. The van der Waals surface area contributed by atoms with Crippen molar-refractivity contribution < 1.29 is 18.9 Å². The number of anilines is 2. The van der Waals surface area contributed by atoms with E-state index in [1.807, 2.05) is 12.1 Å². The van der Waals surface area contributed by atoms with Crippen LogP contribution in [-0.2, 0) is 18.9 Å². The Balaban J connectivity index is 0.000000150. The molecule has 2 aliphatic heterocycles. The number of nitrogens with zero attached hydrogens (tertiary/aromatic N) is 2. The van der Waals surface area contributed by atoms with E-state index in [0.717, 1.165) is 35.7 Å². The molecular weight excluding hydrogens is 560 g/mol. The zero-order chi connectivity index (χ0) is 27.6. The van der Waals surface area contributed by atoms with Gasteiger partial charge in [0.1, 0.15) is 23.8 Å². The van der Waals surface area contributed by atoms with Gasteiger partial charge in [-0.25, -0.2) is 9.97 Å². The monoisotopic (exact) mass is 596 g/mol. The smallest absolute Gasteiger partial charge is 0.170 e. The van der Waals surface area contributed by atoms with Gasteiger partial charge < -0.3 is 30.4 Å². The van der Waals surface area contributed by atoms with E-state index in [4.69, 9.17) is 36.8 Å². The molecule has 2 aliphatic carbocycles. The van der Waals surface area contributed by atoms with Crippen LogP contribution in [0.2, 0.25) is 0 Å². The standard InChI is InChI=1S/C15H18N2O2.C10H14O2.C5H5BrN2/c16-14-10-12(6-9-17-14)4-5-13-11-18-15(19-13)7-2-1-3-8-15;1-2-9-8-11-10(12-9)6-4-3-5-7-10;6-4-1-2-8-5(7)3-4/h6,9-10,13H,1-3,7-8,11H2,(H2,16,17);1,9H,3-8H2;1-3H,(H2,7,8)/t13-;9-;/m00./s1. The van der Waals surface area contributed by atoms with Crippen LogP contribution in [0.1, 0.15) is 69.8 Å². The Bertz CT molecular complexity index is 1160. The number of halogens is 1. The third-order valence-corrected chi connectivity index (χ3v) is 7.52. The van der Waals surface area contributed by atoms with Crippen molar-refractivity contribution in [3.05, 3.63) is 46.7 Å². The molecule has 2 aromatic heterocycles. The van der Waals surface area contributed by atoms with Gasteiger partial charge >= 0.3 is 0 Å². The summed E-state index contributed by atoms with van der Waals surface area (Å²) < 4.78 is 24.1. The minimum atomic E-state index is -0.352. The van der Waals surface area contributed by atoms with Crippen molar-refractivity contribution in [1.29, 1.82) is 0 Å². The van der Waals surface area contributed by atoms with E-state index < -0.39 is 0 Å². The minimum absolute atomic E-state index is 0.108. The summed E-state index contributed by atoms with van der Waals surface area (Å²) in [5.74, 6) is 9.16. The molecule has 0 unspecified atom stereocenters. The van der Waals surface area contributed by atoms with Crippen molar-refractivity contribution >= 4 is 27.6 Å². The molecule has 0 bridgehead atoms. The van der Waals surface area contributed by atoms with Gasteiger partial charge in [0.25, 0.3) is 0 Å². The van der Waals surface area contributed by atoms with Gasteiger partial charge in [-0.1, -0.05) is 46.5 Å². The Hall–Kier alpha value is -2.66. The molecule has 4 heterocycles. The summed E-state index contributed by atoms with van der Waals surface area (Å²) in [7, 11) is 0. The number of aromatic nitrogens is 2. The number of nitrogen functional groups attached to an aromatic ring is 2. The summed E-state index contributed by atoms with van der Waals surface area (Å²) in [6.45, 7) is 1.14. The number of hydrogen-bond donors (Lipinski definition) is 2. The highest BCUT2D eigenvalue weighted by molar-refractivity contribution is 9.10. The van der Waals surface area contributed by atoms with Crippen molar-refractivity contribution in [2.24, 2.45) is 0 Å². The lowest BCUT2D eigenvalue weighted by Gasteiger charge is -2.31. The van der Waals surface area contributed by atoms with Crippen molar-refractivity contribution in [1.82, 2.24) is 9.97 Å². The molecule has 6 rings (SSSR count). The van der Waals surface area contributed by atoms with Gasteiger partial charge in [0.15, 0.2) is 11.6 Å². The number of ether oxygens (including phenoxy) is 4. The molecule has 2 aromatic rings. The third kappa shape index (κ3) is 8.93. The quantitative estimate of drug-likeness (QED) is 0.398. The molecule has 2 spiro atoms. The van der Waals surface area contributed by atoms with E-state index in [-0.39, 0.29) is 23.8 Å². The Morgan fingerprint density at radius 1 is 0.795 bits per heavy atom. The maximum atomic E-state index is 6.00. The number of pyridine rings is 2. The highest BCUT2D eigenvalue weighted by atomic mass is 79.9. The fraction of sp³-hybridized carbons (Fsp3) is 0.533. The molecule has 2 atom stereocenters. The number of terminal acetylenes is 1. The highest BCUT2D eigenvalue weighted by Gasteiger charge is 2.42. The Morgan fingerprint density at radius 3 is 1.82 bits per heavy atom. The number of nitrogens with two attached hydrogens (primary N) is 2. The molecule has 208 valence electrons. The van der Waals surface area contributed by atoms with Gasteiger partial charge in [0.2, 0.25) is 0 Å². The predicted molar refractivity (Wildman–Crippen MR) is 154 cm³/mol. The minimum Gasteiger partial charge on any atom is -0.384 e. The molecule has 0 amide bonds. The van der Waals surface area contributed by atoms with Crippen molar-refractivity contribution in [3.63, 3.8) is 0 Å². The molecule has 0 radical (unpaired) electrons. The van der Waals surface area contributed by atoms with Gasteiger partial charge in [-0.15, -0.1) is 6.42 Å². The molecular formula is C30H37BrN4O4. The summed E-state index contributed by atoms with van der Waals surface area (Å²) in [4.78, 5) is 7.73. The summed E-state index contributed by atoms with van der Waals surface area (Å²) in [6.07, 6.45) is 19.7. The average Bonchev–Trinajstić information content (AvgIpc) is 3.53. The normalized spacial score (nSPS) is 24.3. The van der Waals surface area contributed by atoms with E-state index >= 15 is 0 Å². The van der Waals surface area contributed by atoms with Crippen LogP contribution in [-0.4, -0.2) is 47.0 Å². The lowest BCUT2D eigenvalue weighted by atomic mass is 9.94. The van der Waals surface area contributed by atoms with Gasteiger partial charge in [-0.05, 0) is 49.9 Å². The second-order valence-electron chi connectivity index (χ2n) is 10.1. The van der Waals surface area contributed by atoms with E-state index in [0.29, 0.717) is 24.8 Å². The first-order valence-electron chi connectivity index (χ1n) is 13.6.